The predicted molar refractivity (Wildman–Crippen MR) is 92.2 cm³/mol. The third kappa shape index (κ3) is 3.01. The SMILES string of the molecule is COC1=C(C)C(CS(=O)c2nc3nc(OC)c(C)cc3[nH]2)NC=C1. The van der Waals surface area contributed by atoms with Gasteiger partial charge in [-0.1, -0.05) is 0 Å². The molecule has 0 aromatic carbocycles. The molecule has 0 spiro atoms. The Bertz CT molecular complexity index is 856. The Morgan fingerprint density at radius 1 is 1.25 bits per heavy atom. The average molecular weight is 348 g/mol. The predicted octanol–water partition coefficient (Wildman–Crippen LogP) is 1.79. The first-order valence-corrected chi connectivity index (χ1v) is 8.82. The second-order valence-electron chi connectivity index (χ2n) is 5.54. The highest BCUT2D eigenvalue weighted by Gasteiger charge is 2.22. The van der Waals surface area contributed by atoms with Gasteiger partial charge in [0.2, 0.25) is 5.88 Å². The molecule has 8 heteroatoms. The summed E-state index contributed by atoms with van der Waals surface area (Å²) in [6, 6.07) is 1.83. The molecule has 3 heterocycles. The summed E-state index contributed by atoms with van der Waals surface area (Å²) in [5, 5.41) is 3.62. The number of hydrogen-bond donors (Lipinski definition) is 2. The first kappa shape index (κ1) is 16.5. The van der Waals surface area contributed by atoms with Crippen molar-refractivity contribution in [1.29, 1.82) is 0 Å². The number of aromatic nitrogens is 3. The zero-order chi connectivity index (χ0) is 17.3. The van der Waals surface area contributed by atoms with Crippen molar-refractivity contribution in [3.05, 3.63) is 35.2 Å². The first-order chi connectivity index (χ1) is 11.5. The minimum absolute atomic E-state index is 0.0665. The van der Waals surface area contributed by atoms with Crippen molar-refractivity contribution in [3.63, 3.8) is 0 Å². The van der Waals surface area contributed by atoms with E-state index in [0.29, 0.717) is 22.4 Å². The highest BCUT2D eigenvalue weighted by molar-refractivity contribution is 7.84. The number of nitrogens with one attached hydrogen (secondary N) is 2. The van der Waals surface area contributed by atoms with Crippen molar-refractivity contribution in [1.82, 2.24) is 20.3 Å². The van der Waals surface area contributed by atoms with Gasteiger partial charge in [-0.05, 0) is 31.6 Å². The van der Waals surface area contributed by atoms with E-state index in [1.165, 1.54) is 0 Å². The van der Waals surface area contributed by atoms with Crippen molar-refractivity contribution in [2.75, 3.05) is 20.0 Å². The molecule has 0 saturated carbocycles. The van der Waals surface area contributed by atoms with Gasteiger partial charge in [-0.15, -0.1) is 0 Å². The highest BCUT2D eigenvalue weighted by atomic mass is 32.2. The number of pyridine rings is 1. The standard InChI is InChI=1S/C16H20N4O3S/c1-9-7-11-14(19-15(9)23-4)20-16(18-11)24(21)8-12-10(2)13(22-3)5-6-17-12/h5-7,12,17H,8H2,1-4H3,(H,18,19,20). The Morgan fingerprint density at radius 3 is 2.75 bits per heavy atom. The fourth-order valence-corrected chi connectivity index (χ4v) is 3.84. The Hall–Kier alpha value is -2.35. The number of fused-ring (bicyclic) bond motifs is 1. The van der Waals surface area contributed by atoms with E-state index < -0.39 is 10.8 Å². The van der Waals surface area contributed by atoms with E-state index in [1.54, 1.807) is 14.2 Å². The number of ether oxygens (including phenoxy) is 2. The molecule has 2 N–H and O–H groups in total. The van der Waals surface area contributed by atoms with Crippen LogP contribution in [0.1, 0.15) is 12.5 Å². The molecule has 2 atom stereocenters. The van der Waals surface area contributed by atoms with Crippen molar-refractivity contribution in [3.8, 4) is 5.88 Å². The van der Waals surface area contributed by atoms with E-state index in [-0.39, 0.29) is 6.04 Å². The van der Waals surface area contributed by atoms with Crippen LogP contribution in [0.4, 0.5) is 0 Å². The average Bonchev–Trinajstić information content (AvgIpc) is 2.98. The molecule has 0 saturated heterocycles. The lowest BCUT2D eigenvalue weighted by molar-refractivity contribution is 0.296. The highest BCUT2D eigenvalue weighted by Crippen LogP contribution is 2.22. The Kier molecular flexibility index (Phi) is 4.57. The van der Waals surface area contributed by atoms with Crippen molar-refractivity contribution in [2.24, 2.45) is 0 Å². The number of aryl methyl sites for hydroxylation is 1. The van der Waals surface area contributed by atoms with E-state index >= 15 is 0 Å². The zero-order valence-corrected chi connectivity index (χ0v) is 14.9. The third-order valence-corrected chi connectivity index (χ3v) is 5.25. The summed E-state index contributed by atoms with van der Waals surface area (Å²) in [5.41, 5.74) is 3.16. The Morgan fingerprint density at radius 2 is 2.04 bits per heavy atom. The van der Waals surface area contributed by atoms with Crippen molar-refractivity contribution >= 4 is 22.0 Å². The maximum absolute atomic E-state index is 12.7. The number of hydrogen-bond acceptors (Lipinski definition) is 6. The van der Waals surface area contributed by atoms with Crippen LogP contribution < -0.4 is 10.1 Å². The van der Waals surface area contributed by atoms with Crippen LogP contribution in [0.3, 0.4) is 0 Å². The van der Waals surface area contributed by atoms with Gasteiger partial charge in [-0.2, -0.15) is 4.98 Å². The third-order valence-electron chi connectivity index (χ3n) is 3.99. The molecule has 1 aliphatic rings. The molecule has 0 amide bonds. The molecule has 0 fully saturated rings. The fourth-order valence-electron chi connectivity index (χ4n) is 2.62. The second-order valence-corrected chi connectivity index (χ2v) is 6.95. The van der Waals surface area contributed by atoms with Crippen LogP contribution in [0.2, 0.25) is 0 Å². The summed E-state index contributed by atoms with van der Waals surface area (Å²) in [6.07, 6.45) is 3.66. The maximum Gasteiger partial charge on any atom is 0.218 e. The van der Waals surface area contributed by atoms with Crippen LogP contribution in [0.15, 0.2) is 34.8 Å². The van der Waals surface area contributed by atoms with E-state index in [2.05, 4.69) is 20.3 Å². The van der Waals surface area contributed by atoms with Gasteiger partial charge in [0.05, 0.1) is 42.3 Å². The van der Waals surface area contributed by atoms with Crippen molar-refractivity contribution in [2.45, 2.75) is 25.0 Å². The monoisotopic (exact) mass is 348 g/mol. The minimum Gasteiger partial charge on any atom is -0.497 e. The van der Waals surface area contributed by atoms with E-state index in [0.717, 1.165) is 22.4 Å². The van der Waals surface area contributed by atoms with Crippen molar-refractivity contribution < 1.29 is 13.7 Å². The van der Waals surface area contributed by atoms with Crippen LogP contribution >= 0.6 is 0 Å². The van der Waals surface area contributed by atoms with Crippen LogP contribution in [-0.2, 0) is 15.5 Å². The van der Waals surface area contributed by atoms with E-state index in [1.807, 2.05) is 32.2 Å². The van der Waals surface area contributed by atoms with Gasteiger partial charge in [-0.25, -0.2) is 4.98 Å². The second kappa shape index (κ2) is 6.64. The summed E-state index contributed by atoms with van der Waals surface area (Å²) in [5.74, 6) is 1.70. The summed E-state index contributed by atoms with van der Waals surface area (Å²) in [7, 11) is 1.90. The summed E-state index contributed by atoms with van der Waals surface area (Å²) in [4.78, 5) is 11.8. The summed E-state index contributed by atoms with van der Waals surface area (Å²) in [6.45, 7) is 3.87. The topological polar surface area (TPSA) is 89.1 Å². The summed E-state index contributed by atoms with van der Waals surface area (Å²) >= 11 is 0. The quantitative estimate of drug-likeness (QED) is 0.856. The number of H-pyrrole nitrogens is 1. The molecule has 2 aromatic heterocycles. The lowest BCUT2D eigenvalue weighted by atomic mass is 10.1. The van der Waals surface area contributed by atoms with Crippen LogP contribution in [0, 0.1) is 6.92 Å². The Balaban J connectivity index is 1.84. The number of methoxy groups -OCH3 is 2. The van der Waals surface area contributed by atoms with Gasteiger partial charge >= 0.3 is 0 Å². The number of dihydropyridines is 1. The lowest BCUT2D eigenvalue weighted by Crippen LogP contribution is -2.34. The van der Waals surface area contributed by atoms with Crippen LogP contribution in [-0.4, -0.2) is 45.2 Å². The van der Waals surface area contributed by atoms with E-state index in [9.17, 15) is 4.21 Å². The molecule has 128 valence electrons. The van der Waals surface area contributed by atoms with Crippen LogP contribution in [0.25, 0.3) is 11.2 Å². The fraction of sp³-hybridized carbons (Fsp3) is 0.375. The largest absolute Gasteiger partial charge is 0.497 e. The van der Waals surface area contributed by atoms with Gasteiger partial charge in [0.25, 0.3) is 0 Å². The molecule has 2 unspecified atom stereocenters. The molecule has 3 rings (SSSR count). The number of nitrogens with zero attached hydrogens (tertiary/aromatic N) is 2. The van der Waals surface area contributed by atoms with Gasteiger partial charge < -0.3 is 19.8 Å². The molecular formula is C16H20N4O3S. The summed E-state index contributed by atoms with van der Waals surface area (Å²) < 4.78 is 23.2. The lowest BCUT2D eigenvalue weighted by Gasteiger charge is -2.22. The number of imidazole rings is 1. The molecular weight excluding hydrogens is 328 g/mol. The normalized spacial score (nSPS) is 18.6. The van der Waals surface area contributed by atoms with Crippen LogP contribution in [0.5, 0.6) is 5.88 Å². The smallest absolute Gasteiger partial charge is 0.218 e. The van der Waals surface area contributed by atoms with Gasteiger partial charge in [0, 0.05) is 11.8 Å². The van der Waals surface area contributed by atoms with Gasteiger partial charge in [0.15, 0.2) is 10.8 Å². The first-order valence-electron chi connectivity index (χ1n) is 7.50. The molecule has 0 bridgehead atoms. The van der Waals surface area contributed by atoms with E-state index in [4.69, 9.17) is 9.47 Å². The maximum atomic E-state index is 12.7. The molecule has 1 aliphatic heterocycles. The molecule has 24 heavy (non-hydrogen) atoms. The molecule has 2 aromatic rings. The minimum atomic E-state index is -1.30. The Labute approximate surface area is 142 Å². The molecule has 0 radical (unpaired) electrons. The van der Waals surface area contributed by atoms with Gasteiger partial charge in [0.1, 0.15) is 5.76 Å². The molecule has 0 aliphatic carbocycles. The number of allylic oxidation sites excluding steroid dienone is 1. The van der Waals surface area contributed by atoms with Gasteiger partial charge in [-0.3, -0.25) is 4.21 Å². The molecule has 7 nitrogen and oxygen atoms in total. The number of rotatable bonds is 5. The number of aromatic amines is 1. The zero-order valence-electron chi connectivity index (χ0n) is 14.0.